The number of rotatable bonds is 8. The third-order valence-corrected chi connectivity index (χ3v) is 4.16. The molecule has 20 heavy (non-hydrogen) atoms. The number of aromatic amines is 1. The summed E-state index contributed by atoms with van der Waals surface area (Å²) in [4.78, 5) is 8.17. The van der Waals surface area contributed by atoms with E-state index >= 15 is 0 Å². The van der Waals surface area contributed by atoms with Gasteiger partial charge < -0.3 is 4.98 Å². The van der Waals surface area contributed by atoms with Gasteiger partial charge >= 0.3 is 0 Å². The maximum absolute atomic E-state index is 4.71. The third kappa shape index (κ3) is 4.09. The number of unbranched alkanes of at least 4 members (excludes halogenated alkanes) is 6. The summed E-state index contributed by atoms with van der Waals surface area (Å²) in [5.41, 5.74) is 4.96. The molecule has 1 N–H and O–H groups in total. The van der Waals surface area contributed by atoms with Crippen LogP contribution in [0, 0.1) is 13.8 Å². The van der Waals surface area contributed by atoms with Gasteiger partial charge in [-0.25, -0.2) is 4.98 Å². The molecule has 1 aromatic heterocycles. The fourth-order valence-electron chi connectivity index (χ4n) is 2.69. The summed E-state index contributed by atoms with van der Waals surface area (Å²) >= 11 is 0. The number of hydrogen-bond donors (Lipinski definition) is 1. The van der Waals surface area contributed by atoms with Crippen molar-refractivity contribution in [1.29, 1.82) is 0 Å². The van der Waals surface area contributed by atoms with E-state index in [1.807, 2.05) is 0 Å². The lowest BCUT2D eigenvalue weighted by molar-refractivity contribution is 0.585. The number of aryl methyl sites for hydroxylation is 3. The molecule has 110 valence electrons. The van der Waals surface area contributed by atoms with E-state index in [-0.39, 0.29) is 0 Å². The van der Waals surface area contributed by atoms with Crippen LogP contribution in [0.5, 0.6) is 0 Å². The lowest BCUT2D eigenvalue weighted by atomic mass is 10.1. The second-order valence-electron chi connectivity index (χ2n) is 6.01. The van der Waals surface area contributed by atoms with E-state index < -0.39 is 0 Å². The molecule has 0 saturated carbocycles. The van der Waals surface area contributed by atoms with E-state index in [4.69, 9.17) is 4.98 Å². The molecule has 0 aliphatic carbocycles. The van der Waals surface area contributed by atoms with Crippen LogP contribution >= 0.6 is 0 Å². The van der Waals surface area contributed by atoms with Crippen molar-refractivity contribution in [3.8, 4) is 0 Å². The average molecular weight is 272 g/mol. The number of fused-ring (bicyclic) bond motifs is 1. The van der Waals surface area contributed by atoms with Crippen molar-refractivity contribution in [3.05, 3.63) is 29.1 Å². The van der Waals surface area contributed by atoms with Gasteiger partial charge in [0.25, 0.3) is 0 Å². The number of hydrogen-bond acceptors (Lipinski definition) is 1. The highest BCUT2D eigenvalue weighted by Gasteiger charge is 2.04. The van der Waals surface area contributed by atoms with Crippen LogP contribution in [0.4, 0.5) is 0 Å². The van der Waals surface area contributed by atoms with Gasteiger partial charge in [0.15, 0.2) is 0 Å². The van der Waals surface area contributed by atoms with Crippen LogP contribution < -0.4 is 0 Å². The summed E-state index contributed by atoms with van der Waals surface area (Å²) in [5, 5.41) is 0. The summed E-state index contributed by atoms with van der Waals surface area (Å²) < 4.78 is 0. The molecule has 1 aromatic carbocycles. The van der Waals surface area contributed by atoms with E-state index in [1.165, 1.54) is 61.6 Å². The monoisotopic (exact) mass is 272 g/mol. The molecule has 0 bridgehead atoms. The van der Waals surface area contributed by atoms with Crippen LogP contribution in [0.2, 0.25) is 0 Å². The van der Waals surface area contributed by atoms with Crippen molar-refractivity contribution >= 4 is 11.0 Å². The molecule has 2 aromatic rings. The minimum absolute atomic E-state index is 1.08. The number of nitrogens with zero attached hydrogens (tertiary/aromatic N) is 1. The first-order valence-corrected chi connectivity index (χ1v) is 8.16. The molecule has 0 atom stereocenters. The molecule has 0 radical (unpaired) electrons. The summed E-state index contributed by atoms with van der Waals surface area (Å²) in [7, 11) is 0. The zero-order chi connectivity index (χ0) is 14.4. The average Bonchev–Trinajstić information content (AvgIpc) is 2.80. The predicted molar refractivity (Wildman–Crippen MR) is 87.3 cm³/mol. The van der Waals surface area contributed by atoms with Gasteiger partial charge in [-0.1, -0.05) is 45.4 Å². The maximum atomic E-state index is 4.71. The molecule has 2 heteroatoms. The molecule has 2 nitrogen and oxygen atoms in total. The second kappa shape index (κ2) is 7.47. The summed E-state index contributed by atoms with van der Waals surface area (Å²) in [6.07, 6.45) is 10.6. The van der Waals surface area contributed by atoms with Crippen molar-refractivity contribution in [3.63, 3.8) is 0 Å². The van der Waals surface area contributed by atoms with Gasteiger partial charge in [0.2, 0.25) is 0 Å². The molecule has 0 amide bonds. The molecule has 0 aliphatic rings. The predicted octanol–water partition coefficient (Wildman–Crippen LogP) is 5.47. The van der Waals surface area contributed by atoms with Crippen LogP contribution in [-0.2, 0) is 6.42 Å². The first-order chi connectivity index (χ1) is 9.70. The first-order valence-electron chi connectivity index (χ1n) is 8.16. The second-order valence-corrected chi connectivity index (χ2v) is 6.01. The molecular weight excluding hydrogens is 244 g/mol. The number of nitrogens with one attached hydrogen (secondary N) is 1. The Kier molecular flexibility index (Phi) is 5.63. The van der Waals surface area contributed by atoms with Gasteiger partial charge in [-0.15, -0.1) is 0 Å². The Hall–Kier alpha value is -1.31. The Bertz CT molecular complexity index is 501. The molecule has 1 heterocycles. The van der Waals surface area contributed by atoms with Gasteiger partial charge in [-0.2, -0.15) is 0 Å². The van der Waals surface area contributed by atoms with Crippen LogP contribution in [0.25, 0.3) is 11.0 Å². The maximum Gasteiger partial charge on any atom is 0.107 e. The number of benzene rings is 1. The Morgan fingerprint density at radius 2 is 1.55 bits per heavy atom. The highest BCUT2D eigenvalue weighted by molar-refractivity contribution is 5.77. The Morgan fingerprint density at radius 3 is 2.30 bits per heavy atom. The number of aromatic nitrogens is 2. The van der Waals surface area contributed by atoms with Crippen molar-refractivity contribution in [2.24, 2.45) is 0 Å². The third-order valence-electron chi connectivity index (χ3n) is 4.16. The van der Waals surface area contributed by atoms with Crippen LogP contribution in [0.1, 0.15) is 68.8 Å². The van der Waals surface area contributed by atoms with Crippen molar-refractivity contribution in [1.82, 2.24) is 9.97 Å². The van der Waals surface area contributed by atoms with Crippen LogP contribution in [-0.4, -0.2) is 9.97 Å². The zero-order valence-electron chi connectivity index (χ0n) is 13.3. The van der Waals surface area contributed by atoms with E-state index in [1.54, 1.807) is 0 Å². The molecule has 0 unspecified atom stereocenters. The lowest BCUT2D eigenvalue weighted by Crippen LogP contribution is -1.88. The zero-order valence-corrected chi connectivity index (χ0v) is 13.3. The first kappa shape index (κ1) is 15.1. The lowest BCUT2D eigenvalue weighted by Gasteiger charge is -1.99. The summed E-state index contributed by atoms with van der Waals surface area (Å²) in [5.74, 6) is 1.15. The van der Waals surface area contributed by atoms with Crippen LogP contribution in [0.3, 0.4) is 0 Å². The molecule has 0 fully saturated rings. The smallest absolute Gasteiger partial charge is 0.107 e. The van der Waals surface area contributed by atoms with Gasteiger partial charge in [-0.05, 0) is 43.5 Å². The summed E-state index contributed by atoms with van der Waals surface area (Å²) in [6.45, 7) is 6.58. The minimum atomic E-state index is 1.08. The van der Waals surface area contributed by atoms with E-state index in [2.05, 4.69) is 37.9 Å². The van der Waals surface area contributed by atoms with E-state index in [0.29, 0.717) is 0 Å². The van der Waals surface area contributed by atoms with Gasteiger partial charge in [0.1, 0.15) is 5.82 Å². The largest absolute Gasteiger partial charge is 0.342 e. The fourth-order valence-corrected chi connectivity index (χ4v) is 2.69. The van der Waals surface area contributed by atoms with Crippen LogP contribution in [0.15, 0.2) is 12.1 Å². The molecule has 0 spiro atoms. The van der Waals surface area contributed by atoms with Gasteiger partial charge in [-0.3, -0.25) is 0 Å². The Labute approximate surface area is 123 Å². The summed E-state index contributed by atoms with van der Waals surface area (Å²) in [6, 6.07) is 4.40. The topological polar surface area (TPSA) is 28.7 Å². The highest BCUT2D eigenvalue weighted by atomic mass is 14.9. The van der Waals surface area contributed by atoms with E-state index in [0.717, 1.165) is 17.8 Å². The molecule has 0 aliphatic heterocycles. The molecule has 2 rings (SSSR count). The normalized spacial score (nSPS) is 11.3. The fraction of sp³-hybridized carbons (Fsp3) is 0.611. The van der Waals surface area contributed by atoms with E-state index in [9.17, 15) is 0 Å². The number of imidazole rings is 1. The van der Waals surface area contributed by atoms with Crippen molar-refractivity contribution < 1.29 is 0 Å². The quantitative estimate of drug-likeness (QED) is 0.634. The Morgan fingerprint density at radius 1 is 0.900 bits per heavy atom. The van der Waals surface area contributed by atoms with Crippen molar-refractivity contribution in [2.45, 2.75) is 72.1 Å². The van der Waals surface area contributed by atoms with Gasteiger partial charge in [0.05, 0.1) is 11.0 Å². The standard InChI is InChI=1S/C18H28N2/c1-4-5-6-7-8-9-10-11-18-19-16-12-14(2)15(3)13-17(16)20-18/h12-13H,4-11H2,1-3H3,(H,19,20). The molecular formula is C18H28N2. The molecule has 0 saturated heterocycles. The van der Waals surface area contributed by atoms with Crippen molar-refractivity contribution in [2.75, 3.05) is 0 Å². The number of H-pyrrole nitrogens is 1. The van der Waals surface area contributed by atoms with Gasteiger partial charge in [0, 0.05) is 6.42 Å². The Balaban J connectivity index is 1.79. The minimum Gasteiger partial charge on any atom is -0.342 e. The highest BCUT2D eigenvalue weighted by Crippen LogP contribution is 2.18. The SMILES string of the molecule is CCCCCCCCCc1nc2cc(C)c(C)cc2[nH]1.